The second-order valence-electron chi connectivity index (χ2n) is 5.89. The van der Waals surface area contributed by atoms with Crippen LogP contribution in [0.5, 0.6) is 0 Å². The standard InChI is InChI=1S/C18H18Cl2O5/c1-10-4-6-12(18(10,16(22)24-2)17(23)25-3)9-15(21)11-5-7-13(19)14(20)8-11/h5,7-8,12H,1,4,6,9H2,2-3H3. The van der Waals surface area contributed by atoms with Gasteiger partial charge in [0.15, 0.2) is 11.2 Å². The minimum Gasteiger partial charge on any atom is -0.468 e. The zero-order chi connectivity index (χ0) is 18.8. The molecule has 1 aromatic rings. The van der Waals surface area contributed by atoms with Crippen LogP contribution in [0.2, 0.25) is 10.0 Å². The fraction of sp³-hybridized carbons (Fsp3) is 0.389. The number of benzene rings is 1. The lowest BCUT2D eigenvalue weighted by Gasteiger charge is -2.30. The second-order valence-corrected chi connectivity index (χ2v) is 6.70. The third-order valence-electron chi connectivity index (χ3n) is 4.65. The molecule has 1 aliphatic rings. The van der Waals surface area contributed by atoms with Gasteiger partial charge in [0.25, 0.3) is 0 Å². The van der Waals surface area contributed by atoms with Crippen molar-refractivity contribution in [2.24, 2.45) is 11.3 Å². The van der Waals surface area contributed by atoms with Crippen molar-refractivity contribution in [2.45, 2.75) is 19.3 Å². The van der Waals surface area contributed by atoms with Gasteiger partial charge >= 0.3 is 11.9 Å². The van der Waals surface area contributed by atoms with Crippen molar-refractivity contribution in [1.82, 2.24) is 0 Å². The monoisotopic (exact) mass is 384 g/mol. The summed E-state index contributed by atoms with van der Waals surface area (Å²) in [4.78, 5) is 37.5. The van der Waals surface area contributed by atoms with Crippen LogP contribution in [0.3, 0.4) is 0 Å². The first-order valence-electron chi connectivity index (χ1n) is 7.62. The Morgan fingerprint density at radius 1 is 1.16 bits per heavy atom. The molecular weight excluding hydrogens is 367 g/mol. The highest BCUT2D eigenvalue weighted by Gasteiger charge is 2.59. The summed E-state index contributed by atoms with van der Waals surface area (Å²) in [6.07, 6.45) is 0.848. The van der Waals surface area contributed by atoms with Crippen molar-refractivity contribution in [3.8, 4) is 0 Å². The van der Waals surface area contributed by atoms with E-state index in [2.05, 4.69) is 6.58 Å². The van der Waals surface area contributed by atoms with Gasteiger partial charge in [0.05, 0.1) is 24.3 Å². The van der Waals surface area contributed by atoms with Gasteiger partial charge in [-0.05, 0) is 42.5 Å². The van der Waals surface area contributed by atoms with Crippen molar-refractivity contribution < 1.29 is 23.9 Å². The first-order chi connectivity index (χ1) is 11.8. The van der Waals surface area contributed by atoms with Crippen molar-refractivity contribution in [3.05, 3.63) is 46.0 Å². The molecule has 0 heterocycles. The fourth-order valence-electron chi connectivity index (χ4n) is 3.34. The normalized spacial score (nSPS) is 18.7. The number of ketones is 1. The Balaban J connectivity index is 2.37. The van der Waals surface area contributed by atoms with Gasteiger partial charge in [-0.15, -0.1) is 0 Å². The predicted octanol–water partition coefficient (Wildman–Crippen LogP) is 3.86. The summed E-state index contributed by atoms with van der Waals surface area (Å²) in [6, 6.07) is 4.55. The number of Topliss-reactive ketones (excluding diaryl/α,β-unsaturated/α-hetero) is 1. The lowest BCUT2D eigenvalue weighted by molar-refractivity contribution is -0.168. The van der Waals surface area contributed by atoms with Crippen LogP contribution in [0.1, 0.15) is 29.6 Å². The van der Waals surface area contributed by atoms with Crippen LogP contribution in [-0.2, 0) is 19.1 Å². The molecule has 0 amide bonds. The zero-order valence-corrected chi connectivity index (χ0v) is 15.4. The third kappa shape index (κ3) is 3.31. The summed E-state index contributed by atoms with van der Waals surface area (Å²) in [5.41, 5.74) is -0.899. The Bertz CT molecular complexity index is 725. The smallest absolute Gasteiger partial charge is 0.327 e. The molecule has 1 fully saturated rings. The molecule has 0 aliphatic heterocycles. The lowest BCUT2D eigenvalue weighted by atomic mass is 9.73. The Morgan fingerprint density at radius 2 is 1.76 bits per heavy atom. The predicted molar refractivity (Wildman–Crippen MR) is 93.7 cm³/mol. The molecule has 134 valence electrons. The molecular formula is C18H18Cl2O5. The molecule has 0 saturated heterocycles. The summed E-state index contributed by atoms with van der Waals surface area (Å²) < 4.78 is 9.67. The highest BCUT2D eigenvalue weighted by Crippen LogP contribution is 2.50. The Kier molecular flexibility index (Phi) is 5.91. The van der Waals surface area contributed by atoms with Crippen LogP contribution in [0.15, 0.2) is 30.4 Å². The van der Waals surface area contributed by atoms with E-state index in [0.29, 0.717) is 29.0 Å². The molecule has 1 atom stereocenters. The van der Waals surface area contributed by atoms with E-state index in [1.165, 1.54) is 26.4 Å². The van der Waals surface area contributed by atoms with E-state index >= 15 is 0 Å². The van der Waals surface area contributed by atoms with Crippen LogP contribution in [0, 0.1) is 11.3 Å². The molecule has 5 nitrogen and oxygen atoms in total. The number of esters is 2. The third-order valence-corrected chi connectivity index (χ3v) is 5.39. The number of rotatable bonds is 5. The Hall–Kier alpha value is -1.85. The SMILES string of the molecule is C=C1CCC(CC(=O)c2ccc(Cl)c(Cl)c2)C1(C(=O)OC)C(=O)OC. The van der Waals surface area contributed by atoms with E-state index < -0.39 is 23.3 Å². The van der Waals surface area contributed by atoms with E-state index in [-0.39, 0.29) is 17.2 Å². The first-order valence-corrected chi connectivity index (χ1v) is 8.37. The zero-order valence-electron chi connectivity index (χ0n) is 13.9. The topological polar surface area (TPSA) is 69.7 Å². The van der Waals surface area contributed by atoms with Gasteiger partial charge in [0.1, 0.15) is 0 Å². The average molecular weight is 385 g/mol. The quantitative estimate of drug-likeness (QED) is 0.333. The van der Waals surface area contributed by atoms with Crippen LogP contribution in [0.4, 0.5) is 0 Å². The summed E-state index contributed by atoms with van der Waals surface area (Å²) in [5, 5.41) is 0.599. The summed E-state index contributed by atoms with van der Waals surface area (Å²) in [6.45, 7) is 3.85. The molecule has 7 heteroatoms. The van der Waals surface area contributed by atoms with Gasteiger partial charge < -0.3 is 9.47 Å². The molecule has 0 N–H and O–H groups in total. The maximum atomic E-state index is 12.6. The summed E-state index contributed by atoms with van der Waals surface area (Å²) in [5.74, 6) is -2.36. The van der Waals surface area contributed by atoms with Gasteiger partial charge in [-0.1, -0.05) is 29.8 Å². The fourth-order valence-corrected chi connectivity index (χ4v) is 3.64. The molecule has 2 rings (SSSR count). The molecule has 1 unspecified atom stereocenters. The minimum absolute atomic E-state index is 0.0405. The van der Waals surface area contributed by atoms with Crippen LogP contribution < -0.4 is 0 Å². The molecule has 25 heavy (non-hydrogen) atoms. The molecule has 1 aromatic carbocycles. The van der Waals surface area contributed by atoms with Gasteiger partial charge in [-0.3, -0.25) is 14.4 Å². The molecule has 0 radical (unpaired) electrons. The van der Waals surface area contributed by atoms with Crippen molar-refractivity contribution >= 4 is 40.9 Å². The first kappa shape index (κ1) is 19.5. The van der Waals surface area contributed by atoms with Crippen molar-refractivity contribution in [1.29, 1.82) is 0 Å². The van der Waals surface area contributed by atoms with E-state index in [1.807, 2.05) is 0 Å². The highest BCUT2D eigenvalue weighted by molar-refractivity contribution is 6.42. The number of hydrogen-bond acceptors (Lipinski definition) is 5. The maximum absolute atomic E-state index is 12.6. The number of halogens is 2. The molecule has 0 aromatic heterocycles. The molecule has 1 aliphatic carbocycles. The molecule has 1 saturated carbocycles. The maximum Gasteiger partial charge on any atom is 0.327 e. The van der Waals surface area contributed by atoms with E-state index in [4.69, 9.17) is 32.7 Å². The molecule has 0 bridgehead atoms. The molecule has 0 spiro atoms. The average Bonchev–Trinajstić information content (AvgIpc) is 2.92. The van der Waals surface area contributed by atoms with Gasteiger partial charge in [-0.25, -0.2) is 0 Å². The summed E-state index contributed by atoms with van der Waals surface area (Å²) >= 11 is 11.8. The van der Waals surface area contributed by atoms with Gasteiger partial charge in [0.2, 0.25) is 0 Å². The van der Waals surface area contributed by atoms with Crippen molar-refractivity contribution in [2.75, 3.05) is 14.2 Å². The highest BCUT2D eigenvalue weighted by atomic mass is 35.5. The minimum atomic E-state index is -1.66. The number of carbonyl (C=O) groups is 3. The van der Waals surface area contributed by atoms with E-state index in [9.17, 15) is 14.4 Å². The van der Waals surface area contributed by atoms with Gasteiger partial charge in [-0.2, -0.15) is 0 Å². The lowest BCUT2D eigenvalue weighted by Crippen LogP contribution is -2.45. The van der Waals surface area contributed by atoms with Crippen LogP contribution in [-0.4, -0.2) is 31.9 Å². The van der Waals surface area contributed by atoms with E-state index in [0.717, 1.165) is 0 Å². The number of ether oxygens (including phenoxy) is 2. The largest absolute Gasteiger partial charge is 0.468 e. The second kappa shape index (κ2) is 7.58. The number of hydrogen-bond donors (Lipinski definition) is 0. The van der Waals surface area contributed by atoms with Crippen LogP contribution in [0.25, 0.3) is 0 Å². The Morgan fingerprint density at radius 3 is 2.28 bits per heavy atom. The van der Waals surface area contributed by atoms with Crippen LogP contribution >= 0.6 is 23.2 Å². The van der Waals surface area contributed by atoms with Crippen molar-refractivity contribution in [3.63, 3.8) is 0 Å². The summed E-state index contributed by atoms with van der Waals surface area (Å²) in [7, 11) is 2.38. The number of methoxy groups -OCH3 is 2. The Labute approximate surface area is 155 Å². The number of carbonyl (C=O) groups excluding carboxylic acids is 3. The van der Waals surface area contributed by atoms with E-state index in [1.54, 1.807) is 6.07 Å². The van der Waals surface area contributed by atoms with Gasteiger partial charge in [0, 0.05) is 12.0 Å².